The highest BCUT2D eigenvalue weighted by molar-refractivity contribution is 7.99. The molecule has 0 aliphatic carbocycles. The van der Waals surface area contributed by atoms with Crippen molar-refractivity contribution in [3.8, 4) is 0 Å². The summed E-state index contributed by atoms with van der Waals surface area (Å²) in [6, 6.07) is 0. The van der Waals surface area contributed by atoms with Crippen molar-refractivity contribution in [1.29, 1.82) is 0 Å². The Kier molecular flexibility index (Phi) is 2.81. The van der Waals surface area contributed by atoms with E-state index in [1.165, 1.54) is 12.3 Å². The van der Waals surface area contributed by atoms with E-state index in [2.05, 4.69) is 6.92 Å². The fourth-order valence-corrected chi connectivity index (χ4v) is 1.41. The van der Waals surface area contributed by atoms with Gasteiger partial charge in [-0.1, -0.05) is 6.92 Å². The third-order valence-corrected chi connectivity index (χ3v) is 2.21. The molecule has 1 heterocycles. The van der Waals surface area contributed by atoms with Crippen LogP contribution in [0.1, 0.15) is 6.92 Å². The number of ether oxygens (including phenoxy) is 1. The molecule has 0 amide bonds. The lowest BCUT2D eigenvalue weighted by molar-refractivity contribution is -0.119. The number of thioether (sulfide) groups is 1. The first-order valence-electron chi connectivity index (χ1n) is 3.28. The number of carbonyl (C=O) groups is 1. The van der Waals surface area contributed by atoms with E-state index in [0.29, 0.717) is 0 Å². The largest absolute Gasteiger partial charge is 0.489 e. The number of ketones is 1. The van der Waals surface area contributed by atoms with Gasteiger partial charge in [-0.3, -0.25) is 4.79 Å². The summed E-state index contributed by atoms with van der Waals surface area (Å²) >= 11 is 1.72. The molecule has 10 heavy (non-hydrogen) atoms. The minimum Gasteiger partial charge on any atom is -0.489 e. The van der Waals surface area contributed by atoms with Crippen LogP contribution in [0.25, 0.3) is 0 Å². The van der Waals surface area contributed by atoms with E-state index in [9.17, 15) is 4.79 Å². The lowest BCUT2D eigenvalue weighted by atomic mass is 10.3. The van der Waals surface area contributed by atoms with Crippen molar-refractivity contribution in [1.82, 2.24) is 0 Å². The van der Waals surface area contributed by atoms with Gasteiger partial charge in [0.05, 0.1) is 6.26 Å². The van der Waals surface area contributed by atoms with Gasteiger partial charge in [-0.2, -0.15) is 11.8 Å². The SMILES string of the molecule is CCSC[C@H]1OC=CC1=O. The first-order valence-corrected chi connectivity index (χ1v) is 4.43. The highest BCUT2D eigenvalue weighted by Crippen LogP contribution is 2.11. The molecule has 0 aromatic heterocycles. The maximum atomic E-state index is 10.9. The van der Waals surface area contributed by atoms with Crippen LogP contribution in [-0.2, 0) is 9.53 Å². The van der Waals surface area contributed by atoms with Gasteiger partial charge < -0.3 is 4.74 Å². The van der Waals surface area contributed by atoms with Gasteiger partial charge in [0, 0.05) is 11.8 Å². The van der Waals surface area contributed by atoms with Crippen LogP contribution >= 0.6 is 11.8 Å². The summed E-state index contributed by atoms with van der Waals surface area (Å²) in [5.74, 6) is 1.91. The van der Waals surface area contributed by atoms with Crippen molar-refractivity contribution in [2.24, 2.45) is 0 Å². The Morgan fingerprint density at radius 2 is 2.60 bits per heavy atom. The minimum absolute atomic E-state index is 0.0981. The summed E-state index contributed by atoms with van der Waals surface area (Å²) in [6.07, 6.45) is 2.76. The van der Waals surface area contributed by atoms with Crippen LogP contribution in [0.4, 0.5) is 0 Å². The fraction of sp³-hybridized carbons (Fsp3) is 0.571. The molecule has 0 unspecified atom stereocenters. The maximum Gasteiger partial charge on any atom is 0.199 e. The maximum absolute atomic E-state index is 10.9. The molecular formula is C7H10O2S. The molecule has 56 valence electrons. The van der Waals surface area contributed by atoms with Crippen molar-refractivity contribution < 1.29 is 9.53 Å². The average Bonchev–Trinajstić information content (AvgIpc) is 2.31. The lowest BCUT2D eigenvalue weighted by Crippen LogP contribution is -2.18. The van der Waals surface area contributed by atoms with Crippen LogP contribution < -0.4 is 0 Å². The van der Waals surface area contributed by atoms with E-state index >= 15 is 0 Å². The quantitative estimate of drug-likeness (QED) is 0.617. The zero-order chi connectivity index (χ0) is 7.40. The molecule has 0 bridgehead atoms. The van der Waals surface area contributed by atoms with Crippen LogP contribution in [0.5, 0.6) is 0 Å². The number of rotatable bonds is 3. The monoisotopic (exact) mass is 158 g/mol. The Hall–Kier alpha value is -0.440. The predicted molar refractivity (Wildman–Crippen MR) is 42.0 cm³/mol. The van der Waals surface area contributed by atoms with Gasteiger partial charge in [-0.15, -0.1) is 0 Å². The molecule has 0 radical (unpaired) electrons. The summed E-state index contributed by atoms with van der Waals surface area (Å²) < 4.78 is 5.02. The van der Waals surface area contributed by atoms with Gasteiger partial charge in [0.25, 0.3) is 0 Å². The zero-order valence-corrected chi connectivity index (χ0v) is 6.69. The molecule has 1 aliphatic heterocycles. The second-order valence-corrected chi connectivity index (χ2v) is 3.31. The van der Waals surface area contributed by atoms with E-state index in [0.717, 1.165) is 11.5 Å². The third kappa shape index (κ3) is 1.77. The van der Waals surface area contributed by atoms with Gasteiger partial charge in [0.1, 0.15) is 0 Å². The molecule has 2 nitrogen and oxygen atoms in total. The Balaban J connectivity index is 2.24. The van der Waals surface area contributed by atoms with Crippen molar-refractivity contribution in [2.75, 3.05) is 11.5 Å². The van der Waals surface area contributed by atoms with Crippen LogP contribution in [0.15, 0.2) is 12.3 Å². The van der Waals surface area contributed by atoms with Crippen LogP contribution in [0.2, 0.25) is 0 Å². The third-order valence-electron chi connectivity index (χ3n) is 1.27. The smallest absolute Gasteiger partial charge is 0.199 e. The van der Waals surface area contributed by atoms with Gasteiger partial charge in [0.15, 0.2) is 11.9 Å². The van der Waals surface area contributed by atoms with Crippen molar-refractivity contribution in [2.45, 2.75) is 13.0 Å². The Morgan fingerprint density at radius 1 is 1.80 bits per heavy atom. The Morgan fingerprint density at radius 3 is 3.10 bits per heavy atom. The molecule has 1 rings (SSSR count). The molecule has 0 spiro atoms. The van der Waals surface area contributed by atoms with Gasteiger partial charge >= 0.3 is 0 Å². The molecule has 1 aliphatic rings. The number of carbonyl (C=O) groups excluding carboxylic acids is 1. The number of hydrogen-bond donors (Lipinski definition) is 0. The summed E-state index contributed by atoms with van der Waals surface area (Å²) in [4.78, 5) is 10.9. The summed E-state index contributed by atoms with van der Waals surface area (Å²) in [7, 11) is 0. The van der Waals surface area contributed by atoms with Gasteiger partial charge in [-0.05, 0) is 5.75 Å². The molecule has 0 aromatic rings. The van der Waals surface area contributed by atoms with Crippen molar-refractivity contribution in [3.05, 3.63) is 12.3 Å². The molecule has 3 heteroatoms. The van der Waals surface area contributed by atoms with Crippen molar-refractivity contribution >= 4 is 17.5 Å². The van der Waals surface area contributed by atoms with E-state index in [4.69, 9.17) is 4.74 Å². The molecule has 1 atom stereocenters. The number of hydrogen-bond acceptors (Lipinski definition) is 3. The van der Waals surface area contributed by atoms with Crippen LogP contribution in [-0.4, -0.2) is 23.4 Å². The van der Waals surface area contributed by atoms with E-state index in [-0.39, 0.29) is 11.9 Å². The highest BCUT2D eigenvalue weighted by Gasteiger charge is 2.20. The average molecular weight is 158 g/mol. The summed E-state index contributed by atoms with van der Waals surface area (Å²) in [5.41, 5.74) is 0. The molecule has 0 saturated heterocycles. The van der Waals surface area contributed by atoms with Gasteiger partial charge in [-0.25, -0.2) is 0 Å². The lowest BCUT2D eigenvalue weighted by Gasteiger charge is -2.05. The Bertz CT molecular complexity index is 154. The van der Waals surface area contributed by atoms with Crippen LogP contribution in [0, 0.1) is 0 Å². The molecular weight excluding hydrogens is 148 g/mol. The van der Waals surface area contributed by atoms with E-state index < -0.39 is 0 Å². The first kappa shape index (κ1) is 7.66. The minimum atomic E-state index is -0.204. The zero-order valence-electron chi connectivity index (χ0n) is 5.87. The molecule has 0 aromatic carbocycles. The molecule has 0 N–H and O–H groups in total. The van der Waals surface area contributed by atoms with Gasteiger partial charge in [0.2, 0.25) is 0 Å². The Labute approximate surface area is 64.6 Å². The summed E-state index contributed by atoms with van der Waals surface area (Å²) in [5, 5.41) is 0. The highest BCUT2D eigenvalue weighted by atomic mass is 32.2. The van der Waals surface area contributed by atoms with E-state index in [1.807, 2.05) is 0 Å². The summed E-state index contributed by atoms with van der Waals surface area (Å²) in [6.45, 7) is 2.07. The standard InChI is InChI=1S/C7H10O2S/c1-2-10-5-7-6(8)3-4-9-7/h3-4,7H,2,5H2,1H3/t7-/m1/s1. The molecule has 0 fully saturated rings. The predicted octanol–water partition coefficient (Wildman–Crippen LogP) is 1.22. The normalized spacial score (nSPS) is 23.3. The fourth-order valence-electron chi connectivity index (χ4n) is 0.722. The second-order valence-electron chi connectivity index (χ2n) is 1.99. The second kappa shape index (κ2) is 3.66. The first-order chi connectivity index (χ1) is 4.84. The van der Waals surface area contributed by atoms with E-state index in [1.54, 1.807) is 11.8 Å². The topological polar surface area (TPSA) is 26.3 Å². The van der Waals surface area contributed by atoms with Crippen molar-refractivity contribution in [3.63, 3.8) is 0 Å². The molecule has 0 saturated carbocycles. The van der Waals surface area contributed by atoms with Crippen LogP contribution in [0.3, 0.4) is 0 Å².